The SMILES string of the molecule is Cc1sc2nc([C@H](C)N3CCN(C(=O)c4ccoc4)CC3)nc(N)c2c1C. The highest BCUT2D eigenvalue weighted by Gasteiger charge is 2.27. The third-order valence-corrected chi connectivity index (χ3v) is 6.47. The van der Waals surface area contributed by atoms with E-state index in [4.69, 9.17) is 15.1 Å². The first kappa shape index (κ1) is 17.9. The molecule has 4 rings (SSSR count). The summed E-state index contributed by atoms with van der Waals surface area (Å²) in [6.45, 7) is 9.13. The molecule has 0 saturated carbocycles. The number of carbonyl (C=O) groups excluding carboxylic acids is 1. The first-order valence-corrected chi connectivity index (χ1v) is 9.86. The van der Waals surface area contributed by atoms with E-state index in [-0.39, 0.29) is 11.9 Å². The Morgan fingerprint density at radius 2 is 2.00 bits per heavy atom. The van der Waals surface area contributed by atoms with Crippen molar-refractivity contribution in [2.75, 3.05) is 31.9 Å². The van der Waals surface area contributed by atoms with Crippen LogP contribution in [0.25, 0.3) is 10.2 Å². The average Bonchev–Trinajstić information content (AvgIpc) is 3.29. The predicted octanol–water partition coefficient (Wildman–Crippen LogP) is 3.00. The highest BCUT2D eigenvalue weighted by molar-refractivity contribution is 7.18. The molecule has 142 valence electrons. The minimum absolute atomic E-state index is 0.0162. The minimum atomic E-state index is 0.0162. The minimum Gasteiger partial charge on any atom is -0.472 e. The molecule has 4 heterocycles. The molecular formula is C19H23N5O2S. The van der Waals surface area contributed by atoms with Gasteiger partial charge in [0.05, 0.1) is 23.3 Å². The number of anilines is 1. The summed E-state index contributed by atoms with van der Waals surface area (Å²) in [6, 6.07) is 1.75. The number of nitrogen functional groups attached to an aromatic ring is 1. The Morgan fingerprint density at radius 1 is 1.26 bits per heavy atom. The number of thiophene rings is 1. The number of aryl methyl sites for hydroxylation is 2. The lowest BCUT2D eigenvalue weighted by molar-refractivity contribution is 0.0575. The maximum Gasteiger partial charge on any atom is 0.257 e. The molecule has 0 radical (unpaired) electrons. The van der Waals surface area contributed by atoms with E-state index in [1.165, 1.54) is 17.4 Å². The van der Waals surface area contributed by atoms with Crippen molar-refractivity contribution in [1.29, 1.82) is 0 Å². The first-order valence-electron chi connectivity index (χ1n) is 9.04. The number of rotatable bonds is 3. The second-order valence-corrected chi connectivity index (χ2v) is 8.15. The van der Waals surface area contributed by atoms with Gasteiger partial charge < -0.3 is 15.1 Å². The second-order valence-electron chi connectivity index (χ2n) is 6.95. The Kier molecular flexibility index (Phi) is 4.61. The molecular weight excluding hydrogens is 362 g/mol. The van der Waals surface area contributed by atoms with Crippen LogP contribution in [0.4, 0.5) is 5.82 Å². The molecule has 3 aromatic heterocycles. The lowest BCUT2D eigenvalue weighted by Crippen LogP contribution is -2.49. The zero-order valence-corrected chi connectivity index (χ0v) is 16.5. The molecule has 0 aromatic carbocycles. The number of furan rings is 1. The molecule has 1 amide bonds. The monoisotopic (exact) mass is 385 g/mol. The standard InChI is InChI=1S/C19H23N5O2S/c1-11-13(3)27-18-15(11)16(20)21-17(22-18)12(2)23-5-7-24(8-6-23)19(25)14-4-9-26-10-14/h4,9-10,12H,5-8H2,1-3H3,(H2,20,21,22)/t12-/m0/s1. The Bertz CT molecular complexity index is 974. The predicted molar refractivity (Wildman–Crippen MR) is 106 cm³/mol. The summed E-state index contributed by atoms with van der Waals surface area (Å²) in [6.07, 6.45) is 3.02. The van der Waals surface area contributed by atoms with Gasteiger partial charge in [0, 0.05) is 31.1 Å². The van der Waals surface area contributed by atoms with Gasteiger partial charge in [0.25, 0.3) is 5.91 Å². The van der Waals surface area contributed by atoms with Crippen molar-refractivity contribution in [3.8, 4) is 0 Å². The third-order valence-electron chi connectivity index (χ3n) is 5.36. The fourth-order valence-electron chi connectivity index (χ4n) is 3.53. The normalized spacial score (nSPS) is 16.8. The van der Waals surface area contributed by atoms with Gasteiger partial charge in [0.1, 0.15) is 22.7 Å². The Labute approximate surface area is 161 Å². The fourth-order valence-corrected chi connectivity index (χ4v) is 4.57. The topological polar surface area (TPSA) is 88.5 Å². The molecule has 0 unspecified atom stereocenters. The molecule has 8 heteroatoms. The number of fused-ring (bicyclic) bond motifs is 1. The molecule has 1 saturated heterocycles. The summed E-state index contributed by atoms with van der Waals surface area (Å²) < 4.78 is 5.01. The quantitative estimate of drug-likeness (QED) is 0.746. The van der Waals surface area contributed by atoms with E-state index in [9.17, 15) is 4.79 Å². The van der Waals surface area contributed by atoms with E-state index in [1.54, 1.807) is 17.4 Å². The van der Waals surface area contributed by atoms with Gasteiger partial charge in [-0.2, -0.15) is 0 Å². The average molecular weight is 385 g/mol. The number of piperazine rings is 1. The summed E-state index contributed by atoms with van der Waals surface area (Å²) in [5, 5.41) is 0.976. The van der Waals surface area contributed by atoms with Crippen molar-refractivity contribution in [1.82, 2.24) is 19.8 Å². The summed E-state index contributed by atoms with van der Waals surface area (Å²) in [5.41, 5.74) is 7.99. The van der Waals surface area contributed by atoms with E-state index in [0.717, 1.165) is 34.7 Å². The van der Waals surface area contributed by atoms with Crippen LogP contribution >= 0.6 is 11.3 Å². The van der Waals surface area contributed by atoms with Gasteiger partial charge in [-0.3, -0.25) is 9.69 Å². The van der Waals surface area contributed by atoms with Crippen molar-refractivity contribution in [3.05, 3.63) is 40.4 Å². The van der Waals surface area contributed by atoms with Crippen molar-refractivity contribution in [2.45, 2.75) is 26.8 Å². The zero-order chi connectivity index (χ0) is 19.1. The highest BCUT2D eigenvalue weighted by Crippen LogP contribution is 2.33. The van der Waals surface area contributed by atoms with Gasteiger partial charge in [-0.1, -0.05) is 0 Å². The number of amides is 1. The van der Waals surface area contributed by atoms with Gasteiger partial charge in [-0.25, -0.2) is 9.97 Å². The van der Waals surface area contributed by atoms with Crippen molar-refractivity contribution < 1.29 is 9.21 Å². The lowest BCUT2D eigenvalue weighted by Gasteiger charge is -2.37. The van der Waals surface area contributed by atoms with Crippen LogP contribution in [0.3, 0.4) is 0 Å². The van der Waals surface area contributed by atoms with Crippen LogP contribution in [-0.2, 0) is 0 Å². The summed E-state index contributed by atoms with van der Waals surface area (Å²) >= 11 is 1.66. The van der Waals surface area contributed by atoms with Crippen LogP contribution < -0.4 is 5.73 Å². The van der Waals surface area contributed by atoms with Crippen LogP contribution in [0.5, 0.6) is 0 Å². The number of hydrogen-bond donors (Lipinski definition) is 1. The molecule has 2 N–H and O–H groups in total. The van der Waals surface area contributed by atoms with Crippen molar-refractivity contribution in [2.24, 2.45) is 0 Å². The molecule has 1 fully saturated rings. The van der Waals surface area contributed by atoms with E-state index < -0.39 is 0 Å². The number of hydrogen-bond acceptors (Lipinski definition) is 7. The van der Waals surface area contributed by atoms with Gasteiger partial charge in [-0.05, 0) is 32.4 Å². The largest absolute Gasteiger partial charge is 0.472 e. The zero-order valence-electron chi connectivity index (χ0n) is 15.7. The Hall–Kier alpha value is -2.45. The Morgan fingerprint density at radius 3 is 2.67 bits per heavy atom. The summed E-state index contributed by atoms with van der Waals surface area (Å²) in [4.78, 5) is 28.1. The Balaban J connectivity index is 1.49. The maximum absolute atomic E-state index is 12.4. The summed E-state index contributed by atoms with van der Waals surface area (Å²) in [7, 11) is 0. The molecule has 0 spiro atoms. The molecule has 1 aliphatic rings. The first-order chi connectivity index (χ1) is 13.0. The summed E-state index contributed by atoms with van der Waals surface area (Å²) in [5.74, 6) is 1.32. The van der Waals surface area contributed by atoms with E-state index >= 15 is 0 Å². The number of nitrogens with two attached hydrogens (primary N) is 1. The molecule has 3 aromatic rings. The fraction of sp³-hybridized carbons (Fsp3) is 0.421. The molecule has 1 aliphatic heterocycles. The lowest BCUT2D eigenvalue weighted by atomic mass is 10.1. The van der Waals surface area contributed by atoms with Gasteiger partial charge in [0.15, 0.2) is 0 Å². The van der Waals surface area contributed by atoms with E-state index in [2.05, 4.69) is 30.7 Å². The number of nitrogens with zero attached hydrogens (tertiary/aromatic N) is 4. The van der Waals surface area contributed by atoms with Gasteiger partial charge in [-0.15, -0.1) is 11.3 Å². The molecule has 7 nitrogen and oxygen atoms in total. The van der Waals surface area contributed by atoms with E-state index in [0.29, 0.717) is 24.5 Å². The molecule has 1 atom stereocenters. The van der Waals surface area contributed by atoms with Crippen LogP contribution in [0.1, 0.15) is 39.6 Å². The smallest absolute Gasteiger partial charge is 0.257 e. The second kappa shape index (κ2) is 6.94. The number of carbonyl (C=O) groups is 1. The van der Waals surface area contributed by atoms with Crippen LogP contribution in [0.2, 0.25) is 0 Å². The van der Waals surface area contributed by atoms with E-state index in [1.807, 2.05) is 4.90 Å². The molecule has 27 heavy (non-hydrogen) atoms. The van der Waals surface area contributed by atoms with Crippen molar-refractivity contribution >= 4 is 33.3 Å². The molecule has 0 aliphatic carbocycles. The van der Waals surface area contributed by atoms with Gasteiger partial charge in [0.2, 0.25) is 0 Å². The van der Waals surface area contributed by atoms with Gasteiger partial charge >= 0.3 is 0 Å². The van der Waals surface area contributed by atoms with Crippen LogP contribution in [-0.4, -0.2) is 51.9 Å². The molecule has 0 bridgehead atoms. The maximum atomic E-state index is 12.4. The third kappa shape index (κ3) is 3.19. The number of aromatic nitrogens is 2. The van der Waals surface area contributed by atoms with Crippen LogP contribution in [0.15, 0.2) is 23.0 Å². The van der Waals surface area contributed by atoms with Crippen molar-refractivity contribution in [3.63, 3.8) is 0 Å². The highest BCUT2D eigenvalue weighted by atomic mass is 32.1. The van der Waals surface area contributed by atoms with Crippen LogP contribution in [0, 0.1) is 13.8 Å².